The van der Waals surface area contributed by atoms with Gasteiger partial charge in [-0.3, -0.25) is 14.7 Å². The summed E-state index contributed by atoms with van der Waals surface area (Å²) in [5.74, 6) is 1.87. The molecular formula is C21H23N5O3. The number of fused-ring (bicyclic) bond motifs is 1. The fraction of sp³-hybridized carbons (Fsp3) is 0.429. The van der Waals surface area contributed by atoms with E-state index in [-0.39, 0.29) is 11.8 Å². The lowest BCUT2D eigenvalue weighted by molar-refractivity contribution is -0.125. The van der Waals surface area contributed by atoms with E-state index < -0.39 is 0 Å². The van der Waals surface area contributed by atoms with Crippen LogP contribution in [-0.2, 0) is 9.53 Å². The highest BCUT2D eigenvalue weighted by Gasteiger charge is 2.38. The zero-order valence-electron chi connectivity index (χ0n) is 16.3. The molecule has 3 aromatic rings. The quantitative estimate of drug-likeness (QED) is 0.728. The third kappa shape index (κ3) is 3.73. The summed E-state index contributed by atoms with van der Waals surface area (Å²) in [6.45, 7) is 5.31. The third-order valence-corrected chi connectivity index (χ3v) is 5.77. The van der Waals surface area contributed by atoms with Crippen LogP contribution in [0.25, 0.3) is 22.2 Å². The van der Waals surface area contributed by atoms with Crippen LogP contribution in [0.2, 0.25) is 0 Å². The predicted octanol–water partition coefficient (Wildman–Crippen LogP) is 2.64. The molecule has 29 heavy (non-hydrogen) atoms. The van der Waals surface area contributed by atoms with E-state index in [0.717, 1.165) is 49.9 Å². The molecular weight excluding hydrogens is 370 g/mol. The van der Waals surface area contributed by atoms with Crippen LogP contribution in [-0.4, -0.2) is 58.1 Å². The second-order valence-corrected chi connectivity index (χ2v) is 7.69. The Morgan fingerprint density at radius 3 is 2.62 bits per heavy atom. The lowest BCUT2D eigenvalue weighted by atomic mass is 9.78. The Kier molecular flexibility index (Phi) is 4.73. The number of carbonyl (C=O) groups excluding carboxylic acids is 1. The molecule has 3 aromatic heterocycles. The number of aromatic nitrogens is 3. The first-order valence-corrected chi connectivity index (χ1v) is 9.97. The molecule has 1 aliphatic carbocycles. The van der Waals surface area contributed by atoms with Crippen LogP contribution in [0, 0.1) is 12.8 Å². The third-order valence-electron chi connectivity index (χ3n) is 5.77. The van der Waals surface area contributed by atoms with Gasteiger partial charge in [0.05, 0.1) is 19.4 Å². The van der Waals surface area contributed by atoms with Gasteiger partial charge in [0.15, 0.2) is 11.7 Å². The normalized spacial score (nSPS) is 22.4. The number of ether oxygens (including phenoxy) is 1. The number of morpholine rings is 1. The van der Waals surface area contributed by atoms with Crippen LogP contribution in [0.5, 0.6) is 0 Å². The van der Waals surface area contributed by atoms with Crippen molar-refractivity contribution in [3.63, 3.8) is 0 Å². The monoisotopic (exact) mass is 393 g/mol. The molecule has 2 fully saturated rings. The van der Waals surface area contributed by atoms with Gasteiger partial charge in [0.1, 0.15) is 11.5 Å². The topological polar surface area (TPSA) is 93.4 Å². The van der Waals surface area contributed by atoms with E-state index in [4.69, 9.17) is 9.15 Å². The zero-order valence-corrected chi connectivity index (χ0v) is 16.3. The molecule has 1 amide bonds. The molecule has 1 N–H and O–H groups in total. The first-order chi connectivity index (χ1) is 14.2. The summed E-state index contributed by atoms with van der Waals surface area (Å²) in [5, 5.41) is 4.81. The smallest absolute Gasteiger partial charge is 0.228 e. The number of nitrogens with one attached hydrogen (secondary N) is 1. The number of amides is 1. The highest BCUT2D eigenvalue weighted by molar-refractivity contribution is 5.95. The van der Waals surface area contributed by atoms with E-state index in [1.165, 1.54) is 0 Å². The summed E-state index contributed by atoms with van der Waals surface area (Å²) in [6, 6.07) is 4.29. The molecule has 8 heteroatoms. The van der Waals surface area contributed by atoms with Gasteiger partial charge in [-0.1, -0.05) is 0 Å². The summed E-state index contributed by atoms with van der Waals surface area (Å²) < 4.78 is 11.0. The lowest BCUT2D eigenvalue weighted by Crippen LogP contribution is -2.52. The minimum Gasteiger partial charge on any atom is -0.439 e. The van der Waals surface area contributed by atoms with Gasteiger partial charge in [-0.2, -0.15) is 0 Å². The zero-order chi connectivity index (χ0) is 19.8. The second kappa shape index (κ2) is 7.53. The second-order valence-electron chi connectivity index (χ2n) is 7.69. The first kappa shape index (κ1) is 18.2. The maximum Gasteiger partial charge on any atom is 0.228 e. The maximum atomic E-state index is 12.6. The van der Waals surface area contributed by atoms with E-state index in [1.54, 1.807) is 25.5 Å². The Morgan fingerprint density at radius 1 is 1.07 bits per heavy atom. The van der Waals surface area contributed by atoms with Gasteiger partial charge in [0, 0.05) is 49.8 Å². The average Bonchev–Trinajstić information content (AvgIpc) is 3.13. The van der Waals surface area contributed by atoms with Gasteiger partial charge >= 0.3 is 0 Å². The van der Waals surface area contributed by atoms with Gasteiger partial charge in [-0.05, 0) is 30.4 Å². The van der Waals surface area contributed by atoms with Gasteiger partial charge in [-0.15, -0.1) is 0 Å². The molecule has 0 unspecified atom stereocenters. The van der Waals surface area contributed by atoms with Crippen LogP contribution in [0.1, 0.15) is 18.7 Å². The average molecular weight is 393 g/mol. The summed E-state index contributed by atoms with van der Waals surface area (Å²) >= 11 is 0. The first-order valence-electron chi connectivity index (χ1n) is 9.97. The Labute approximate surface area is 168 Å². The highest BCUT2D eigenvalue weighted by atomic mass is 16.5. The number of oxazole rings is 1. The van der Waals surface area contributed by atoms with Crippen LogP contribution in [0.3, 0.4) is 0 Å². The van der Waals surface area contributed by atoms with Gasteiger partial charge in [0.25, 0.3) is 0 Å². The van der Waals surface area contributed by atoms with Gasteiger partial charge in [-0.25, -0.2) is 9.97 Å². The number of hydrogen-bond acceptors (Lipinski definition) is 7. The summed E-state index contributed by atoms with van der Waals surface area (Å²) in [6.07, 6.45) is 6.94. The number of pyridine rings is 2. The number of hydrogen-bond donors (Lipinski definition) is 1. The molecule has 1 aliphatic heterocycles. The molecule has 2 aliphatic rings. The lowest BCUT2D eigenvalue weighted by Gasteiger charge is -2.43. The largest absolute Gasteiger partial charge is 0.439 e. The van der Waals surface area contributed by atoms with Crippen LogP contribution in [0.4, 0.5) is 5.82 Å². The minimum atomic E-state index is 0.0431. The van der Waals surface area contributed by atoms with Crippen molar-refractivity contribution < 1.29 is 13.9 Å². The number of aryl methyl sites for hydroxylation is 1. The Hall–Kier alpha value is -2.84. The number of carbonyl (C=O) groups is 1. The van der Waals surface area contributed by atoms with Crippen molar-refractivity contribution >= 4 is 22.5 Å². The standard InChI is InChI=1S/C21H23N5O3/c1-13-22-12-19(29-13)18-8-14-9-20(24-11-16(14)10-23-18)25-21(27)15-6-17(7-15)26-2-4-28-5-3-26/h8-12,15,17H,2-7H2,1H3,(H,24,25,27)/t15-,17-. The van der Waals surface area contributed by atoms with Crippen molar-refractivity contribution in [1.82, 2.24) is 19.9 Å². The molecule has 0 atom stereocenters. The van der Waals surface area contributed by atoms with Gasteiger partial charge < -0.3 is 14.5 Å². The van der Waals surface area contributed by atoms with E-state index in [9.17, 15) is 4.79 Å². The fourth-order valence-corrected chi connectivity index (χ4v) is 3.99. The number of anilines is 1. The van der Waals surface area contributed by atoms with Crippen LogP contribution in [0.15, 0.2) is 35.1 Å². The number of rotatable bonds is 4. The van der Waals surface area contributed by atoms with Gasteiger partial charge in [0.2, 0.25) is 5.91 Å². The van der Waals surface area contributed by atoms with Crippen LogP contribution < -0.4 is 5.32 Å². The molecule has 150 valence electrons. The van der Waals surface area contributed by atoms with Crippen molar-refractivity contribution in [2.24, 2.45) is 5.92 Å². The van der Waals surface area contributed by atoms with Crippen molar-refractivity contribution in [1.29, 1.82) is 0 Å². The molecule has 1 saturated carbocycles. The fourth-order valence-electron chi connectivity index (χ4n) is 3.99. The van der Waals surface area contributed by atoms with Crippen molar-refractivity contribution in [2.45, 2.75) is 25.8 Å². The summed E-state index contributed by atoms with van der Waals surface area (Å²) in [4.78, 5) is 27.9. The Morgan fingerprint density at radius 2 is 1.86 bits per heavy atom. The molecule has 4 heterocycles. The van der Waals surface area contributed by atoms with E-state index in [1.807, 2.05) is 12.1 Å². The number of nitrogens with zero attached hydrogens (tertiary/aromatic N) is 4. The Balaban J connectivity index is 1.26. The SMILES string of the molecule is Cc1ncc(-c2cc3cc(NC(=O)[C@H]4C[C@H](N5CCOCC5)C4)ncc3cn2)o1. The molecule has 0 spiro atoms. The molecule has 0 radical (unpaired) electrons. The van der Waals surface area contributed by atoms with Crippen molar-refractivity contribution in [3.8, 4) is 11.5 Å². The maximum absolute atomic E-state index is 12.6. The minimum absolute atomic E-state index is 0.0431. The predicted molar refractivity (Wildman–Crippen MR) is 107 cm³/mol. The summed E-state index contributed by atoms with van der Waals surface area (Å²) in [7, 11) is 0. The van der Waals surface area contributed by atoms with E-state index in [2.05, 4.69) is 25.2 Å². The molecule has 0 bridgehead atoms. The van der Waals surface area contributed by atoms with Crippen LogP contribution >= 0.6 is 0 Å². The molecule has 5 rings (SSSR count). The molecule has 0 aromatic carbocycles. The molecule has 1 saturated heterocycles. The van der Waals surface area contributed by atoms with Crippen molar-refractivity contribution in [3.05, 3.63) is 36.6 Å². The Bertz CT molecular complexity index is 1040. The molecule has 8 nitrogen and oxygen atoms in total. The van der Waals surface area contributed by atoms with E-state index >= 15 is 0 Å². The van der Waals surface area contributed by atoms with E-state index in [0.29, 0.717) is 29.2 Å². The summed E-state index contributed by atoms with van der Waals surface area (Å²) in [5.41, 5.74) is 0.703. The highest BCUT2D eigenvalue weighted by Crippen LogP contribution is 2.33. The van der Waals surface area contributed by atoms with Crippen molar-refractivity contribution in [2.75, 3.05) is 31.6 Å².